The average molecular weight is 287 g/mol. The number of carbonyl (C=O) groups excluding carboxylic acids is 1. The highest BCUT2D eigenvalue weighted by Gasteiger charge is 2.24. The Labute approximate surface area is 119 Å². The quantitative estimate of drug-likeness (QED) is 0.626. The molecule has 0 unspecified atom stereocenters. The Kier molecular flexibility index (Phi) is 3.20. The van der Waals surface area contributed by atoms with E-state index in [1.165, 1.54) is 24.3 Å². The fourth-order valence-corrected chi connectivity index (χ4v) is 2.61. The number of hydrogen-bond donors (Lipinski definition) is 0. The van der Waals surface area contributed by atoms with Crippen LogP contribution in [0.5, 0.6) is 0 Å². The second-order valence-corrected chi connectivity index (χ2v) is 5.61. The van der Waals surface area contributed by atoms with Crippen molar-refractivity contribution in [3.05, 3.63) is 63.2 Å². The van der Waals surface area contributed by atoms with E-state index in [4.69, 9.17) is 4.74 Å². The van der Waals surface area contributed by atoms with Crippen LogP contribution >= 0.6 is 11.3 Å². The van der Waals surface area contributed by atoms with Gasteiger partial charge in [0.05, 0.1) is 0 Å². The van der Waals surface area contributed by atoms with Gasteiger partial charge < -0.3 is 4.74 Å². The fourth-order valence-electron chi connectivity index (χ4n) is 1.79. The monoisotopic (exact) mass is 287 g/mol. The highest BCUT2D eigenvalue weighted by atomic mass is 32.1. The normalized spacial score (nSPS) is 16.4. The van der Waals surface area contributed by atoms with Crippen molar-refractivity contribution >= 4 is 29.3 Å². The summed E-state index contributed by atoms with van der Waals surface area (Å²) in [7, 11) is 0. The van der Waals surface area contributed by atoms with Gasteiger partial charge in [-0.05, 0) is 49.4 Å². The molecule has 1 aromatic carbocycles. The molecule has 3 nitrogen and oxygen atoms in total. The van der Waals surface area contributed by atoms with Gasteiger partial charge in [0, 0.05) is 15.3 Å². The van der Waals surface area contributed by atoms with Crippen LogP contribution in [-0.4, -0.2) is 11.9 Å². The zero-order chi connectivity index (χ0) is 14.1. The topological polar surface area (TPSA) is 38.7 Å². The number of rotatable bonds is 2. The van der Waals surface area contributed by atoms with Crippen LogP contribution in [0.25, 0.3) is 6.08 Å². The van der Waals surface area contributed by atoms with E-state index >= 15 is 0 Å². The van der Waals surface area contributed by atoms with E-state index in [1.807, 2.05) is 19.1 Å². The zero-order valence-corrected chi connectivity index (χ0v) is 11.4. The zero-order valence-electron chi connectivity index (χ0n) is 10.6. The van der Waals surface area contributed by atoms with E-state index < -0.39 is 5.97 Å². The number of benzene rings is 1. The lowest BCUT2D eigenvalue weighted by Gasteiger charge is -1.98. The highest BCUT2D eigenvalue weighted by molar-refractivity contribution is 7.12. The molecule has 0 fully saturated rings. The van der Waals surface area contributed by atoms with E-state index in [-0.39, 0.29) is 17.4 Å². The van der Waals surface area contributed by atoms with E-state index in [0.29, 0.717) is 5.56 Å². The van der Waals surface area contributed by atoms with Crippen molar-refractivity contribution in [2.45, 2.75) is 6.92 Å². The van der Waals surface area contributed by atoms with Crippen LogP contribution in [0, 0.1) is 12.7 Å². The number of halogens is 1. The van der Waals surface area contributed by atoms with Gasteiger partial charge in [0.1, 0.15) is 5.82 Å². The number of aryl methyl sites for hydroxylation is 1. The van der Waals surface area contributed by atoms with Gasteiger partial charge in [-0.15, -0.1) is 11.3 Å². The lowest BCUT2D eigenvalue weighted by molar-refractivity contribution is -0.129. The van der Waals surface area contributed by atoms with E-state index in [9.17, 15) is 9.18 Å². The number of cyclic esters (lactones) is 1. The molecular formula is C15H10FNO2S. The number of carbonyl (C=O) groups is 1. The van der Waals surface area contributed by atoms with Crippen LogP contribution in [0.2, 0.25) is 0 Å². The summed E-state index contributed by atoms with van der Waals surface area (Å²) in [6, 6.07) is 9.55. The Hall–Kier alpha value is -2.27. The van der Waals surface area contributed by atoms with Crippen molar-refractivity contribution in [3.63, 3.8) is 0 Å². The lowest BCUT2D eigenvalue weighted by Crippen LogP contribution is -2.05. The molecule has 0 saturated carbocycles. The van der Waals surface area contributed by atoms with Crippen molar-refractivity contribution in [2.75, 3.05) is 0 Å². The molecule has 0 N–H and O–H groups in total. The summed E-state index contributed by atoms with van der Waals surface area (Å²) in [5, 5.41) is 0. The molecular weight excluding hydrogens is 277 g/mol. The van der Waals surface area contributed by atoms with Gasteiger partial charge in [-0.25, -0.2) is 14.2 Å². The van der Waals surface area contributed by atoms with Gasteiger partial charge >= 0.3 is 5.97 Å². The van der Waals surface area contributed by atoms with Gasteiger partial charge in [-0.3, -0.25) is 0 Å². The molecule has 20 heavy (non-hydrogen) atoms. The smallest absolute Gasteiger partial charge is 0.363 e. The van der Waals surface area contributed by atoms with E-state index in [0.717, 1.165) is 9.75 Å². The largest absolute Gasteiger partial charge is 0.402 e. The number of hydrogen-bond acceptors (Lipinski definition) is 4. The molecule has 1 aromatic heterocycles. The molecule has 2 aromatic rings. The highest BCUT2D eigenvalue weighted by Crippen LogP contribution is 2.23. The Morgan fingerprint density at radius 3 is 2.60 bits per heavy atom. The number of nitrogens with zero attached hydrogens (tertiary/aromatic N) is 1. The minimum absolute atomic E-state index is 0.203. The first kappa shape index (κ1) is 12.7. The third-order valence-electron chi connectivity index (χ3n) is 2.75. The molecule has 2 heterocycles. The maximum Gasteiger partial charge on any atom is 0.363 e. The second-order valence-electron chi connectivity index (χ2n) is 4.29. The predicted molar refractivity (Wildman–Crippen MR) is 76.1 cm³/mol. The van der Waals surface area contributed by atoms with Crippen LogP contribution in [0.1, 0.15) is 15.3 Å². The second kappa shape index (κ2) is 5.02. The van der Waals surface area contributed by atoms with Crippen molar-refractivity contribution in [1.82, 2.24) is 0 Å². The Bertz CT molecular complexity index is 729. The minimum atomic E-state index is -0.490. The van der Waals surface area contributed by atoms with Crippen LogP contribution in [0.3, 0.4) is 0 Å². The first-order valence-corrected chi connectivity index (χ1v) is 6.78. The van der Waals surface area contributed by atoms with Crippen LogP contribution in [-0.2, 0) is 9.53 Å². The van der Waals surface area contributed by atoms with Gasteiger partial charge in [-0.1, -0.05) is 0 Å². The SMILES string of the molecule is Cc1ccc(/C=C2/N=C(c3ccc(F)cc3)OC2=O)s1. The summed E-state index contributed by atoms with van der Waals surface area (Å²) >= 11 is 1.57. The van der Waals surface area contributed by atoms with Crippen LogP contribution in [0.15, 0.2) is 47.1 Å². The fraction of sp³-hybridized carbons (Fsp3) is 0.0667. The van der Waals surface area contributed by atoms with Crippen molar-refractivity contribution < 1.29 is 13.9 Å². The maximum absolute atomic E-state index is 12.9. The van der Waals surface area contributed by atoms with Gasteiger partial charge in [0.15, 0.2) is 5.70 Å². The molecule has 100 valence electrons. The number of thiophene rings is 1. The standard InChI is InChI=1S/C15H10FNO2S/c1-9-2-7-12(20-9)8-13-15(18)19-14(17-13)10-3-5-11(16)6-4-10/h2-8H,1H3/b13-8+. The van der Waals surface area contributed by atoms with Gasteiger partial charge in [-0.2, -0.15) is 0 Å². The van der Waals surface area contributed by atoms with Gasteiger partial charge in [0.2, 0.25) is 5.90 Å². The molecule has 0 saturated heterocycles. The first-order chi connectivity index (χ1) is 9.61. The summed E-state index contributed by atoms with van der Waals surface area (Å²) in [5.41, 5.74) is 0.830. The molecule has 1 aliphatic rings. The maximum atomic E-state index is 12.9. The molecule has 0 bridgehead atoms. The van der Waals surface area contributed by atoms with Crippen LogP contribution < -0.4 is 0 Å². The van der Waals surface area contributed by atoms with Crippen LogP contribution in [0.4, 0.5) is 4.39 Å². The lowest BCUT2D eigenvalue weighted by atomic mass is 10.2. The Morgan fingerprint density at radius 2 is 1.95 bits per heavy atom. The summed E-state index contributed by atoms with van der Waals surface area (Å²) in [4.78, 5) is 18.0. The molecule has 0 spiro atoms. The third kappa shape index (κ3) is 2.53. The average Bonchev–Trinajstić information content (AvgIpc) is 2.98. The number of ether oxygens (including phenoxy) is 1. The van der Waals surface area contributed by atoms with E-state index in [2.05, 4.69) is 4.99 Å². The molecule has 5 heteroatoms. The molecule has 0 radical (unpaired) electrons. The van der Waals surface area contributed by atoms with Crippen molar-refractivity contribution in [3.8, 4) is 0 Å². The summed E-state index contributed by atoms with van der Waals surface area (Å²) in [6.45, 7) is 1.99. The first-order valence-electron chi connectivity index (χ1n) is 5.97. The molecule has 0 amide bonds. The molecule has 3 rings (SSSR count). The Balaban J connectivity index is 1.92. The Morgan fingerprint density at radius 1 is 1.20 bits per heavy atom. The summed E-state index contributed by atoms with van der Waals surface area (Å²) in [5.74, 6) is -0.631. The van der Waals surface area contributed by atoms with Crippen molar-refractivity contribution in [1.29, 1.82) is 0 Å². The summed E-state index contributed by atoms with van der Waals surface area (Å²) < 4.78 is 18.0. The van der Waals surface area contributed by atoms with Gasteiger partial charge in [0.25, 0.3) is 0 Å². The number of esters is 1. The molecule has 1 aliphatic heterocycles. The number of aliphatic imine (C=N–C) groups is 1. The minimum Gasteiger partial charge on any atom is -0.402 e. The molecule has 0 atom stereocenters. The van der Waals surface area contributed by atoms with E-state index in [1.54, 1.807) is 17.4 Å². The summed E-state index contributed by atoms with van der Waals surface area (Å²) in [6.07, 6.45) is 1.69. The van der Waals surface area contributed by atoms with Crippen molar-refractivity contribution in [2.24, 2.45) is 4.99 Å². The third-order valence-corrected chi connectivity index (χ3v) is 3.70. The predicted octanol–water partition coefficient (Wildman–Crippen LogP) is 3.54. The molecule has 0 aliphatic carbocycles.